The zero-order valence-corrected chi connectivity index (χ0v) is 13.6. The molecule has 0 bridgehead atoms. The monoisotopic (exact) mass is 326 g/mol. The molecular formula is C16H18N6O2. The molecular weight excluding hydrogens is 308 g/mol. The van der Waals surface area contributed by atoms with Gasteiger partial charge in [0.2, 0.25) is 11.6 Å². The van der Waals surface area contributed by atoms with E-state index in [2.05, 4.69) is 58.7 Å². The number of carboxylic acid groups (broad SMARTS) is 1. The molecule has 3 aromatic rings. The van der Waals surface area contributed by atoms with Crippen LogP contribution in [0.2, 0.25) is 0 Å². The van der Waals surface area contributed by atoms with E-state index in [4.69, 9.17) is 5.11 Å². The van der Waals surface area contributed by atoms with Gasteiger partial charge >= 0.3 is 6.09 Å². The average molecular weight is 326 g/mol. The number of amides is 1. The minimum absolute atomic E-state index is 0.0845. The summed E-state index contributed by atoms with van der Waals surface area (Å²) >= 11 is 0. The Morgan fingerprint density at radius 3 is 2.50 bits per heavy atom. The Bertz CT molecular complexity index is 880. The third-order valence-corrected chi connectivity index (χ3v) is 3.56. The van der Waals surface area contributed by atoms with Crippen LogP contribution in [-0.4, -0.2) is 30.8 Å². The van der Waals surface area contributed by atoms with Crippen LogP contribution < -0.4 is 10.6 Å². The molecule has 124 valence electrons. The molecule has 0 unspecified atom stereocenters. The number of fused-ring (bicyclic) bond motifs is 1. The highest BCUT2D eigenvalue weighted by atomic mass is 16.4. The predicted molar refractivity (Wildman–Crippen MR) is 90.9 cm³/mol. The molecule has 3 rings (SSSR count). The fourth-order valence-corrected chi connectivity index (χ4v) is 2.29. The lowest BCUT2D eigenvalue weighted by Crippen LogP contribution is -2.11. The number of aromatic nitrogens is 4. The summed E-state index contributed by atoms with van der Waals surface area (Å²) in [4.78, 5) is 15.0. The summed E-state index contributed by atoms with van der Waals surface area (Å²) in [5.74, 6) is 0.609. The molecule has 0 aliphatic carbocycles. The molecule has 0 atom stereocenters. The molecule has 8 nitrogen and oxygen atoms in total. The highest BCUT2D eigenvalue weighted by Gasteiger charge is 2.14. The molecule has 0 spiro atoms. The van der Waals surface area contributed by atoms with Crippen molar-refractivity contribution < 1.29 is 9.90 Å². The Balaban J connectivity index is 1.90. The molecule has 0 fully saturated rings. The van der Waals surface area contributed by atoms with Crippen LogP contribution in [0.1, 0.15) is 26.3 Å². The van der Waals surface area contributed by atoms with E-state index in [1.165, 1.54) is 9.96 Å². The lowest BCUT2D eigenvalue weighted by molar-refractivity contribution is 0.209. The molecule has 2 heterocycles. The summed E-state index contributed by atoms with van der Waals surface area (Å²) in [5, 5.41) is 22.0. The van der Waals surface area contributed by atoms with Crippen LogP contribution in [-0.2, 0) is 5.41 Å². The van der Waals surface area contributed by atoms with Crippen LogP contribution in [0.4, 0.5) is 22.2 Å². The van der Waals surface area contributed by atoms with Crippen LogP contribution in [0.5, 0.6) is 0 Å². The normalized spacial score (nSPS) is 11.5. The van der Waals surface area contributed by atoms with Crippen LogP contribution >= 0.6 is 0 Å². The van der Waals surface area contributed by atoms with Gasteiger partial charge in [0, 0.05) is 18.1 Å². The number of rotatable bonds is 3. The standard InChI is InChI=1S/C16H18N6O2/c1-16(2,3)10-4-6-11(7-5-10)18-12-13-20-21-14(19-15(23)24)22(13)9-8-17-12/h4-9H,1-3H3,(H,17,18)(H,19,21)(H,23,24). The highest BCUT2D eigenvalue weighted by molar-refractivity contribution is 5.81. The molecule has 0 saturated carbocycles. The van der Waals surface area contributed by atoms with Crippen molar-refractivity contribution in [2.75, 3.05) is 10.6 Å². The molecule has 8 heteroatoms. The van der Waals surface area contributed by atoms with Gasteiger partial charge in [-0.2, -0.15) is 0 Å². The van der Waals surface area contributed by atoms with Gasteiger partial charge in [-0.3, -0.25) is 9.72 Å². The van der Waals surface area contributed by atoms with Crippen LogP contribution in [0.25, 0.3) is 5.65 Å². The van der Waals surface area contributed by atoms with Gasteiger partial charge in [-0.25, -0.2) is 9.78 Å². The maximum Gasteiger partial charge on any atom is 0.411 e. The lowest BCUT2D eigenvalue weighted by Gasteiger charge is -2.19. The number of anilines is 3. The number of hydrogen-bond donors (Lipinski definition) is 3. The summed E-state index contributed by atoms with van der Waals surface area (Å²) in [6.45, 7) is 6.47. The van der Waals surface area contributed by atoms with Gasteiger partial charge < -0.3 is 10.4 Å². The smallest absolute Gasteiger partial charge is 0.411 e. The second kappa shape index (κ2) is 5.80. The first-order valence-electron chi connectivity index (χ1n) is 7.42. The Kier molecular flexibility index (Phi) is 3.80. The van der Waals surface area contributed by atoms with Gasteiger partial charge in [0.25, 0.3) is 0 Å². The van der Waals surface area contributed by atoms with Crippen molar-refractivity contribution in [3.8, 4) is 0 Å². The molecule has 0 saturated heterocycles. The number of hydrogen-bond acceptors (Lipinski definition) is 5. The molecule has 0 aliphatic rings. The summed E-state index contributed by atoms with van der Waals surface area (Å²) < 4.78 is 1.52. The fraction of sp³-hybridized carbons (Fsp3) is 0.250. The van der Waals surface area contributed by atoms with Crippen molar-refractivity contribution in [2.24, 2.45) is 0 Å². The quantitative estimate of drug-likeness (QED) is 0.682. The van der Waals surface area contributed by atoms with E-state index in [9.17, 15) is 4.79 Å². The Labute approximate surface area is 138 Å². The molecule has 1 amide bonds. The minimum atomic E-state index is -1.20. The van der Waals surface area contributed by atoms with Crippen LogP contribution in [0, 0.1) is 0 Å². The maximum absolute atomic E-state index is 10.8. The van der Waals surface area contributed by atoms with Crippen molar-refractivity contribution in [3.05, 3.63) is 42.2 Å². The van der Waals surface area contributed by atoms with Crippen molar-refractivity contribution in [1.29, 1.82) is 0 Å². The predicted octanol–water partition coefficient (Wildman–Crippen LogP) is 3.26. The van der Waals surface area contributed by atoms with Crippen molar-refractivity contribution in [2.45, 2.75) is 26.2 Å². The molecule has 2 aromatic heterocycles. The van der Waals surface area contributed by atoms with Gasteiger partial charge in [-0.1, -0.05) is 32.9 Å². The molecule has 0 aliphatic heterocycles. The number of nitrogens with one attached hydrogen (secondary N) is 2. The Morgan fingerprint density at radius 1 is 1.17 bits per heavy atom. The third kappa shape index (κ3) is 3.12. The summed E-state index contributed by atoms with van der Waals surface area (Å²) in [5.41, 5.74) is 2.61. The van der Waals surface area contributed by atoms with E-state index >= 15 is 0 Å². The van der Waals surface area contributed by atoms with Crippen LogP contribution in [0.3, 0.4) is 0 Å². The van der Waals surface area contributed by atoms with Crippen molar-refractivity contribution in [1.82, 2.24) is 19.6 Å². The molecule has 0 radical (unpaired) electrons. The second-order valence-electron chi connectivity index (χ2n) is 6.38. The molecule has 3 N–H and O–H groups in total. The van der Waals surface area contributed by atoms with Gasteiger partial charge in [0.05, 0.1) is 0 Å². The summed E-state index contributed by atoms with van der Waals surface area (Å²) in [6.07, 6.45) is 1.94. The maximum atomic E-state index is 10.8. The zero-order chi connectivity index (χ0) is 17.3. The van der Waals surface area contributed by atoms with E-state index in [1.807, 2.05) is 12.1 Å². The van der Waals surface area contributed by atoms with Crippen molar-refractivity contribution in [3.63, 3.8) is 0 Å². The van der Waals surface area contributed by atoms with E-state index in [1.54, 1.807) is 12.4 Å². The minimum Gasteiger partial charge on any atom is -0.465 e. The molecule has 1 aromatic carbocycles. The Hall–Kier alpha value is -3.16. The highest BCUT2D eigenvalue weighted by Crippen LogP contribution is 2.25. The zero-order valence-electron chi connectivity index (χ0n) is 13.6. The Morgan fingerprint density at radius 2 is 1.88 bits per heavy atom. The van der Waals surface area contributed by atoms with E-state index < -0.39 is 6.09 Å². The SMILES string of the molecule is CC(C)(C)c1ccc(Nc2nccn3c(NC(=O)O)nnc23)cc1. The number of carbonyl (C=O) groups is 1. The first-order chi connectivity index (χ1) is 11.3. The molecule has 24 heavy (non-hydrogen) atoms. The second-order valence-corrected chi connectivity index (χ2v) is 6.38. The summed E-state index contributed by atoms with van der Waals surface area (Å²) in [7, 11) is 0. The van der Waals surface area contributed by atoms with Gasteiger partial charge in [0.1, 0.15) is 0 Å². The van der Waals surface area contributed by atoms with Gasteiger partial charge in [0.15, 0.2) is 5.82 Å². The lowest BCUT2D eigenvalue weighted by atomic mass is 9.87. The summed E-state index contributed by atoms with van der Waals surface area (Å²) in [6, 6.07) is 8.06. The fourth-order valence-electron chi connectivity index (χ4n) is 2.29. The van der Waals surface area contributed by atoms with E-state index in [0.29, 0.717) is 11.5 Å². The van der Waals surface area contributed by atoms with E-state index in [0.717, 1.165) is 5.69 Å². The largest absolute Gasteiger partial charge is 0.465 e. The number of benzene rings is 1. The van der Waals surface area contributed by atoms with Gasteiger partial charge in [-0.05, 0) is 23.1 Å². The average Bonchev–Trinajstić information content (AvgIpc) is 2.90. The first kappa shape index (κ1) is 15.7. The topological polar surface area (TPSA) is 104 Å². The van der Waals surface area contributed by atoms with Crippen molar-refractivity contribution >= 4 is 29.2 Å². The van der Waals surface area contributed by atoms with Crippen LogP contribution in [0.15, 0.2) is 36.7 Å². The van der Waals surface area contributed by atoms with E-state index in [-0.39, 0.29) is 11.4 Å². The number of nitrogens with zero attached hydrogens (tertiary/aromatic N) is 4. The first-order valence-corrected chi connectivity index (χ1v) is 7.42. The third-order valence-electron chi connectivity index (χ3n) is 3.56. The van der Waals surface area contributed by atoms with Gasteiger partial charge in [-0.15, -0.1) is 10.2 Å².